The van der Waals surface area contributed by atoms with Gasteiger partial charge in [-0.2, -0.15) is 0 Å². The van der Waals surface area contributed by atoms with Gasteiger partial charge in [0.05, 0.1) is 0 Å². The second-order valence-corrected chi connectivity index (χ2v) is 2.65. The van der Waals surface area contributed by atoms with Crippen molar-refractivity contribution >= 4 is 12.4 Å². The lowest BCUT2D eigenvalue weighted by molar-refractivity contribution is 0.582. The fourth-order valence-electron chi connectivity index (χ4n) is 0.993. The number of aryl methyl sites for hydroxylation is 1. The van der Waals surface area contributed by atoms with E-state index >= 15 is 0 Å². The topological polar surface area (TPSA) is 20.2 Å². The monoisotopic (exact) mass is 152 g/mol. The number of halogens is 1. The van der Waals surface area contributed by atoms with E-state index in [0.29, 0.717) is 11.0 Å². The summed E-state index contributed by atoms with van der Waals surface area (Å²) in [5.74, 6) is -0.303. The van der Waals surface area contributed by atoms with Crippen LogP contribution < -0.4 is 5.46 Å². The fourth-order valence-corrected chi connectivity index (χ4v) is 0.993. The highest BCUT2D eigenvalue weighted by Crippen LogP contribution is 2.02. The molecule has 0 bridgehead atoms. The van der Waals surface area contributed by atoms with Gasteiger partial charge in [0.2, 0.25) is 0 Å². The summed E-state index contributed by atoms with van der Waals surface area (Å²) < 4.78 is 13.1. The molecular weight excluding hydrogens is 142 g/mol. The Kier molecular flexibility index (Phi) is 2.30. The highest BCUT2D eigenvalue weighted by atomic mass is 19.1. The van der Waals surface area contributed by atoms with Crippen molar-refractivity contribution < 1.29 is 9.41 Å². The maximum atomic E-state index is 13.1. The highest BCUT2D eigenvalue weighted by molar-refractivity contribution is 6.64. The Bertz CT molecular complexity index is 260. The summed E-state index contributed by atoms with van der Waals surface area (Å²) in [7, 11) is 0. The summed E-state index contributed by atoms with van der Waals surface area (Å²) >= 11 is 0. The average molecular weight is 152 g/mol. The molecule has 0 amide bonds. The summed E-state index contributed by atoms with van der Waals surface area (Å²) in [6, 6.07) is 5.01. The largest absolute Gasteiger partial charge is 0.446 e. The van der Waals surface area contributed by atoms with Gasteiger partial charge < -0.3 is 5.02 Å². The zero-order valence-electron chi connectivity index (χ0n) is 6.63. The first kappa shape index (κ1) is 8.27. The maximum absolute atomic E-state index is 13.1. The van der Waals surface area contributed by atoms with Crippen molar-refractivity contribution in [3.63, 3.8) is 0 Å². The Morgan fingerprint density at radius 2 is 2.09 bits per heavy atom. The molecule has 0 saturated heterocycles. The molecule has 0 atom stereocenters. The van der Waals surface area contributed by atoms with Crippen molar-refractivity contribution in [1.82, 2.24) is 0 Å². The minimum atomic E-state index is -0.727. The molecule has 0 heterocycles. The van der Waals surface area contributed by atoms with E-state index in [1.807, 2.05) is 0 Å². The predicted molar refractivity (Wildman–Crippen MR) is 44.6 cm³/mol. The van der Waals surface area contributed by atoms with Gasteiger partial charge in [-0.25, -0.2) is 4.39 Å². The van der Waals surface area contributed by atoms with Crippen LogP contribution in [-0.4, -0.2) is 11.9 Å². The van der Waals surface area contributed by atoms with E-state index in [0.717, 1.165) is 0 Å². The van der Waals surface area contributed by atoms with E-state index in [1.54, 1.807) is 31.9 Å². The molecular formula is C8H10BFO. The van der Waals surface area contributed by atoms with Crippen LogP contribution in [0.4, 0.5) is 4.39 Å². The molecule has 0 aliphatic rings. The summed E-state index contributed by atoms with van der Waals surface area (Å²) in [6.07, 6.45) is 0. The van der Waals surface area contributed by atoms with Crippen LogP contribution in [0.25, 0.3) is 0 Å². The van der Waals surface area contributed by atoms with E-state index in [9.17, 15) is 4.39 Å². The van der Waals surface area contributed by atoms with E-state index in [2.05, 4.69) is 0 Å². The van der Waals surface area contributed by atoms with Crippen LogP contribution in [0.2, 0.25) is 6.82 Å². The molecule has 3 heteroatoms. The molecule has 1 nitrogen and oxygen atoms in total. The molecule has 0 saturated carbocycles. The summed E-state index contributed by atoms with van der Waals surface area (Å²) in [5.41, 5.74) is 0.938. The van der Waals surface area contributed by atoms with Crippen LogP contribution in [0.5, 0.6) is 0 Å². The molecule has 0 aromatic heterocycles. The Morgan fingerprint density at radius 1 is 1.45 bits per heavy atom. The molecule has 11 heavy (non-hydrogen) atoms. The van der Waals surface area contributed by atoms with Crippen molar-refractivity contribution in [2.24, 2.45) is 0 Å². The van der Waals surface area contributed by atoms with Crippen LogP contribution >= 0.6 is 0 Å². The van der Waals surface area contributed by atoms with Gasteiger partial charge in [-0.15, -0.1) is 0 Å². The molecule has 1 N–H and O–H groups in total. The first-order valence-electron chi connectivity index (χ1n) is 3.56. The minimum absolute atomic E-state index is 0.303. The zero-order valence-corrected chi connectivity index (χ0v) is 6.63. The standard InChI is InChI=1S/C8H10BFO/c1-6-4-3-5-7(8(6)10)9(2)11/h3-5,11H,1-2H3. The lowest BCUT2D eigenvalue weighted by atomic mass is 9.64. The lowest BCUT2D eigenvalue weighted by Crippen LogP contribution is -2.29. The molecule has 0 radical (unpaired) electrons. The number of rotatable bonds is 1. The first-order valence-corrected chi connectivity index (χ1v) is 3.56. The Morgan fingerprint density at radius 3 is 2.55 bits per heavy atom. The molecule has 0 aliphatic carbocycles. The highest BCUT2D eigenvalue weighted by Gasteiger charge is 2.12. The van der Waals surface area contributed by atoms with Gasteiger partial charge in [-0.05, 0) is 17.9 Å². The van der Waals surface area contributed by atoms with Crippen molar-refractivity contribution in [2.75, 3.05) is 0 Å². The summed E-state index contributed by atoms with van der Waals surface area (Å²) in [6.45, 7) is 2.51. The van der Waals surface area contributed by atoms with E-state index < -0.39 is 6.92 Å². The van der Waals surface area contributed by atoms with Gasteiger partial charge in [0, 0.05) is 0 Å². The number of hydrogen-bond acceptors (Lipinski definition) is 1. The fraction of sp³-hybridized carbons (Fsp3) is 0.250. The Labute approximate surface area is 66.0 Å². The third kappa shape index (κ3) is 1.60. The summed E-state index contributed by atoms with van der Waals surface area (Å²) in [4.78, 5) is 0. The van der Waals surface area contributed by atoms with Crippen LogP contribution in [-0.2, 0) is 0 Å². The van der Waals surface area contributed by atoms with Crippen LogP contribution in [0, 0.1) is 12.7 Å². The van der Waals surface area contributed by atoms with Gasteiger partial charge in [-0.1, -0.05) is 25.0 Å². The molecule has 0 fully saturated rings. The van der Waals surface area contributed by atoms with Crippen LogP contribution in [0.3, 0.4) is 0 Å². The normalized spacial score (nSPS) is 9.82. The quantitative estimate of drug-likeness (QED) is 0.594. The van der Waals surface area contributed by atoms with Gasteiger partial charge in [-0.3, -0.25) is 0 Å². The second kappa shape index (κ2) is 3.05. The molecule has 0 spiro atoms. The van der Waals surface area contributed by atoms with Crippen molar-refractivity contribution in [2.45, 2.75) is 13.7 Å². The SMILES string of the molecule is CB(O)c1cccc(C)c1F. The second-order valence-electron chi connectivity index (χ2n) is 2.65. The van der Waals surface area contributed by atoms with Crippen LogP contribution in [0.1, 0.15) is 5.56 Å². The van der Waals surface area contributed by atoms with E-state index in [-0.39, 0.29) is 5.82 Å². The van der Waals surface area contributed by atoms with Gasteiger partial charge >= 0.3 is 6.92 Å². The van der Waals surface area contributed by atoms with Crippen molar-refractivity contribution in [3.8, 4) is 0 Å². The maximum Gasteiger partial charge on any atom is 0.323 e. The molecule has 58 valence electrons. The van der Waals surface area contributed by atoms with Gasteiger partial charge in [0.15, 0.2) is 0 Å². The Balaban J connectivity index is 3.17. The third-order valence-corrected chi connectivity index (χ3v) is 1.67. The number of hydrogen-bond donors (Lipinski definition) is 1. The van der Waals surface area contributed by atoms with E-state index in [1.165, 1.54) is 0 Å². The third-order valence-electron chi connectivity index (χ3n) is 1.67. The number of benzene rings is 1. The minimum Gasteiger partial charge on any atom is -0.446 e. The van der Waals surface area contributed by atoms with Crippen molar-refractivity contribution in [3.05, 3.63) is 29.6 Å². The summed E-state index contributed by atoms with van der Waals surface area (Å²) in [5, 5.41) is 9.09. The molecule has 1 aromatic rings. The average Bonchev–Trinajstić information content (AvgIpc) is 1.94. The van der Waals surface area contributed by atoms with Crippen LogP contribution in [0.15, 0.2) is 18.2 Å². The molecule has 1 rings (SSSR count). The molecule has 1 aromatic carbocycles. The first-order chi connectivity index (χ1) is 5.13. The van der Waals surface area contributed by atoms with Gasteiger partial charge in [0.1, 0.15) is 5.82 Å². The van der Waals surface area contributed by atoms with E-state index in [4.69, 9.17) is 5.02 Å². The van der Waals surface area contributed by atoms with Crippen molar-refractivity contribution in [1.29, 1.82) is 0 Å². The smallest absolute Gasteiger partial charge is 0.323 e. The molecule has 0 unspecified atom stereocenters. The zero-order chi connectivity index (χ0) is 8.43. The van der Waals surface area contributed by atoms with Gasteiger partial charge in [0.25, 0.3) is 0 Å². The lowest BCUT2D eigenvalue weighted by Gasteiger charge is -2.03. The molecule has 0 aliphatic heterocycles. The predicted octanol–water partition coefficient (Wildman–Crippen LogP) is 0.955. The Hall–Kier alpha value is -0.825.